The van der Waals surface area contributed by atoms with Crippen molar-refractivity contribution in [3.8, 4) is 17.2 Å². The zero-order chi connectivity index (χ0) is 23.2. The summed E-state index contributed by atoms with van der Waals surface area (Å²) in [5.74, 6) is 2.21. The van der Waals surface area contributed by atoms with Gasteiger partial charge in [0, 0.05) is 11.1 Å². The van der Waals surface area contributed by atoms with Crippen LogP contribution in [0.15, 0.2) is 78.6 Å². The Bertz CT molecular complexity index is 1430. The van der Waals surface area contributed by atoms with Crippen LogP contribution in [0.3, 0.4) is 0 Å². The monoisotopic (exact) mass is 456 g/mol. The molecular weight excluding hydrogens is 435 g/mol. The summed E-state index contributed by atoms with van der Waals surface area (Å²) in [5.41, 5.74) is 4.29. The van der Waals surface area contributed by atoms with Crippen molar-refractivity contribution in [2.75, 3.05) is 19.5 Å². The topological polar surface area (TPSA) is 70.4 Å². The quantitative estimate of drug-likeness (QED) is 0.466. The van der Waals surface area contributed by atoms with Crippen LogP contribution in [0.1, 0.15) is 28.8 Å². The van der Waals surface area contributed by atoms with Gasteiger partial charge in [0.15, 0.2) is 11.5 Å². The van der Waals surface area contributed by atoms with Crippen LogP contribution in [-0.2, 0) is 0 Å². The molecule has 1 aromatic heterocycles. The SMILES string of the molecule is COc1ccc([C@@H]2C3=C(Nc4ncnn42)c2ccccc2O[C@H]3c2cccc(F)c2)cc1OC. The lowest BCUT2D eigenvalue weighted by Gasteiger charge is -2.39. The highest BCUT2D eigenvalue weighted by Gasteiger charge is 2.41. The standard InChI is InChI=1S/C26H21FN4O3/c1-32-20-11-10-15(13-21(20)33-2)24-22-23(30-26-28-14-29-31(24)26)18-8-3-4-9-19(18)34-25(22)16-6-5-7-17(27)12-16/h3-14,24-25H,1-2H3,(H,28,29,30)/t24-,25+/m1/s1. The number of fused-ring (bicyclic) bond motifs is 3. The average molecular weight is 456 g/mol. The fourth-order valence-corrected chi connectivity index (χ4v) is 4.71. The molecule has 0 aliphatic carbocycles. The number of aromatic nitrogens is 3. The summed E-state index contributed by atoms with van der Waals surface area (Å²) in [6, 6.07) is 19.7. The second-order valence-electron chi connectivity index (χ2n) is 8.05. The minimum Gasteiger partial charge on any atom is -0.493 e. The molecule has 0 fully saturated rings. The maximum Gasteiger partial charge on any atom is 0.226 e. The number of benzene rings is 3. The predicted molar refractivity (Wildman–Crippen MR) is 124 cm³/mol. The molecule has 2 aliphatic rings. The molecule has 0 unspecified atom stereocenters. The molecule has 0 amide bonds. The van der Waals surface area contributed by atoms with Gasteiger partial charge < -0.3 is 19.5 Å². The van der Waals surface area contributed by atoms with Crippen molar-refractivity contribution in [1.82, 2.24) is 14.8 Å². The second kappa shape index (κ2) is 7.91. The third-order valence-electron chi connectivity index (χ3n) is 6.20. The summed E-state index contributed by atoms with van der Waals surface area (Å²) in [5, 5.41) is 7.95. The number of hydrogen-bond donors (Lipinski definition) is 1. The molecule has 2 atom stereocenters. The van der Waals surface area contributed by atoms with Gasteiger partial charge in [0.25, 0.3) is 0 Å². The van der Waals surface area contributed by atoms with Gasteiger partial charge in [0.1, 0.15) is 30.0 Å². The second-order valence-corrected chi connectivity index (χ2v) is 8.05. The Labute approximate surface area is 195 Å². The summed E-state index contributed by atoms with van der Waals surface area (Å²) in [4.78, 5) is 4.43. The number of halogens is 1. The Hall–Kier alpha value is -4.33. The van der Waals surface area contributed by atoms with E-state index in [9.17, 15) is 4.39 Å². The Balaban J connectivity index is 1.62. The van der Waals surface area contributed by atoms with Crippen molar-refractivity contribution in [1.29, 1.82) is 0 Å². The maximum absolute atomic E-state index is 14.3. The third-order valence-corrected chi connectivity index (χ3v) is 6.20. The van der Waals surface area contributed by atoms with Crippen LogP contribution >= 0.6 is 0 Å². The highest BCUT2D eigenvalue weighted by Crippen LogP contribution is 2.51. The molecule has 0 saturated heterocycles. The van der Waals surface area contributed by atoms with Gasteiger partial charge in [-0.05, 0) is 47.5 Å². The van der Waals surface area contributed by atoms with E-state index < -0.39 is 6.10 Å². The average Bonchev–Trinajstić information content (AvgIpc) is 3.35. The van der Waals surface area contributed by atoms with Crippen molar-refractivity contribution in [2.24, 2.45) is 0 Å². The molecule has 3 aromatic carbocycles. The normalized spacial score (nSPS) is 18.2. The van der Waals surface area contributed by atoms with Gasteiger partial charge in [-0.15, -0.1) is 0 Å². The minimum absolute atomic E-state index is 0.324. The molecule has 0 spiro atoms. The van der Waals surface area contributed by atoms with Gasteiger partial charge in [0.2, 0.25) is 5.95 Å². The fraction of sp³-hybridized carbons (Fsp3) is 0.154. The predicted octanol–water partition coefficient (Wildman–Crippen LogP) is 4.99. The molecule has 0 saturated carbocycles. The molecular formula is C26H21FN4O3. The van der Waals surface area contributed by atoms with E-state index in [4.69, 9.17) is 14.2 Å². The summed E-state index contributed by atoms with van der Waals surface area (Å²) in [6.07, 6.45) is 0.960. The van der Waals surface area contributed by atoms with Gasteiger partial charge in [0.05, 0.1) is 19.9 Å². The number of methoxy groups -OCH3 is 2. The van der Waals surface area contributed by atoms with E-state index in [-0.39, 0.29) is 11.9 Å². The van der Waals surface area contributed by atoms with Gasteiger partial charge >= 0.3 is 0 Å². The summed E-state index contributed by atoms with van der Waals surface area (Å²) in [6.45, 7) is 0. The van der Waals surface area contributed by atoms with E-state index in [1.54, 1.807) is 20.3 Å². The number of hydrogen-bond acceptors (Lipinski definition) is 6. The number of nitrogens with zero attached hydrogens (tertiary/aromatic N) is 3. The van der Waals surface area contributed by atoms with Crippen LogP contribution in [0.5, 0.6) is 17.2 Å². The lowest BCUT2D eigenvalue weighted by atomic mass is 9.84. The van der Waals surface area contributed by atoms with Crippen molar-refractivity contribution in [3.05, 3.63) is 101 Å². The molecule has 4 aromatic rings. The summed E-state index contributed by atoms with van der Waals surface area (Å²) in [7, 11) is 3.20. The molecule has 1 N–H and O–H groups in total. The largest absolute Gasteiger partial charge is 0.493 e. The van der Waals surface area contributed by atoms with Crippen LogP contribution < -0.4 is 19.5 Å². The van der Waals surface area contributed by atoms with Crippen LogP contribution in [0.2, 0.25) is 0 Å². The smallest absolute Gasteiger partial charge is 0.226 e. The Kier molecular flexibility index (Phi) is 4.72. The fourth-order valence-electron chi connectivity index (χ4n) is 4.71. The first kappa shape index (κ1) is 20.3. The number of rotatable bonds is 4. The third kappa shape index (κ3) is 3.10. The van der Waals surface area contributed by atoms with Gasteiger partial charge in [-0.3, -0.25) is 0 Å². The van der Waals surface area contributed by atoms with E-state index in [0.717, 1.165) is 22.4 Å². The van der Waals surface area contributed by atoms with E-state index in [1.165, 1.54) is 18.5 Å². The molecule has 170 valence electrons. The summed E-state index contributed by atoms with van der Waals surface area (Å²) >= 11 is 0. The molecule has 6 rings (SSSR count). The van der Waals surface area contributed by atoms with Crippen LogP contribution in [-0.4, -0.2) is 29.0 Å². The summed E-state index contributed by atoms with van der Waals surface area (Å²) < 4.78 is 33.6. The van der Waals surface area contributed by atoms with E-state index in [2.05, 4.69) is 15.4 Å². The van der Waals surface area contributed by atoms with E-state index in [0.29, 0.717) is 28.8 Å². The first-order valence-corrected chi connectivity index (χ1v) is 10.8. The molecule has 8 heteroatoms. The van der Waals surface area contributed by atoms with Crippen molar-refractivity contribution >= 4 is 11.6 Å². The molecule has 3 heterocycles. The lowest BCUT2D eigenvalue weighted by Crippen LogP contribution is -2.32. The number of nitrogens with one attached hydrogen (secondary N) is 1. The van der Waals surface area contributed by atoms with E-state index >= 15 is 0 Å². The molecule has 34 heavy (non-hydrogen) atoms. The van der Waals surface area contributed by atoms with Gasteiger partial charge in [-0.2, -0.15) is 10.1 Å². The van der Waals surface area contributed by atoms with E-state index in [1.807, 2.05) is 53.2 Å². The highest BCUT2D eigenvalue weighted by atomic mass is 19.1. The lowest BCUT2D eigenvalue weighted by molar-refractivity contribution is 0.222. The first-order chi connectivity index (χ1) is 16.7. The van der Waals surface area contributed by atoms with Crippen molar-refractivity contribution < 1.29 is 18.6 Å². The zero-order valence-corrected chi connectivity index (χ0v) is 18.5. The number of ether oxygens (including phenoxy) is 3. The highest BCUT2D eigenvalue weighted by molar-refractivity contribution is 5.85. The van der Waals surface area contributed by atoms with Gasteiger partial charge in [-0.1, -0.05) is 30.3 Å². The first-order valence-electron chi connectivity index (χ1n) is 10.8. The van der Waals surface area contributed by atoms with Crippen LogP contribution in [0, 0.1) is 5.82 Å². The molecule has 2 aliphatic heterocycles. The minimum atomic E-state index is -0.552. The number of para-hydroxylation sites is 1. The van der Waals surface area contributed by atoms with Crippen LogP contribution in [0.25, 0.3) is 5.70 Å². The maximum atomic E-state index is 14.3. The van der Waals surface area contributed by atoms with Crippen molar-refractivity contribution in [3.63, 3.8) is 0 Å². The zero-order valence-electron chi connectivity index (χ0n) is 18.5. The number of anilines is 1. The Morgan fingerprint density at radius 1 is 0.941 bits per heavy atom. The van der Waals surface area contributed by atoms with Crippen LogP contribution in [0.4, 0.5) is 10.3 Å². The molecule has 0 radical (unpaired) electrons. The molecule has 0 bridgehead atoms. The Morgan fingerprint density at radius 3 is 2.62 bits per heavy atom. The van der Waals surface area contributed by atoms with Crippen molar-refractivity contribution in [2.45, 2.75) is 12.1 Å². The Morgan fingerprint density at radius 2 is 1.79 bits per heavy atom. The van der Waals surface area contributed by atoms with Gasteiger partial charge in [-0.25, -0.2) is 9.07 Å². The molecule has 7 nitrogen and oxygen atoms in total.